The molecule has 0 aliphatic carbocycles. The molecule has 5 heteroatoms. The monoisotopic (exact) mass is 261 g/mol. The van der Waals surface area contributed by atoms with Gasteiger partial charge in [-0.15, -0.1) is 0 Å². The van der Waals surface area contributed by atoms with Crippen LogP contribution in [0.1, 0.15) is 19.4 Å². The summed E-state index contributed by atoms with van der Waals surface area (Å²) in [6.07, 6.45) is -4.40. The molecule has 0 fully saturated rings. The van der Waals surface area contributed by atoms with E-state index < -0.39 is 11.7 Å². The van der Waals surface area contributed by atoms with E-state index >= 15 is 0 Å². The van der Waals surface area contributed by atoms with E-state index in [1.165, 1.54) is 18.2 Å². The molecule has 0 saturated carbocycles. The fourth-order valence-electron chi connectivity index (χ4n) is 1.56. The minimum atomic E-state index is -4.40. The Labute approximate surface area is 105 Å². The van der Waals surface area contributed by atoms with Gasteiger partial charge in [-0.2, -0.15) is 13.2 Å². The predicted octanol–water partition coefficient (Wildman–Crippen LogP) is 3.32. The average molecular weight is 261 g/mol. The van der Waals surface area contributed by atoms with Crippen LogP contribution in [0.5, 0.6) is 5.75 Å². The van der Waals surface area contributed by atoms with Crippen LogP contribution in [0.2, 0.25) is 0 Å². The number of alkyl halides is 3. The molecular formula is C13H18F3NO. The van der Waals surface area contributed by atoms with Crippen molar-refractivity contribution in [3.63, 3.8) is 0 Å². The van der Waals surface area contributed by atoms with E-state index in [9.17, 15) is 13.2 Å². The molecule has 0 amide bonds. The van der Waals surface area contributed by atoms with E-state index in [1.54, 1.807) is 0 Å². The second-order valence-electron chi connectivity index (χ2n) is 4.54. The summed E-state index contributed by atoms with van der Waals surface area (Å²) in [7, 11) is 0. The molecule has 0 aliphatic rings. The molecule has 0 spiro atoms. The van der Waals surface area contributed by atoms with Crippen molar-refractivity contribution in [2.75, 3.05) is 13.2 Å². The second kappa shape index (κ2) is 6.09. The van der Waals surface area contributed by atoms with Crippen LogP contribution >= 0.6 is 0 Å². The van der Waals surface area contributed by atoms with Gasteiger partial charge in [-0.1, -0.05) is 26.0 Å². The van der Waals surface area contributed by atoms with Crippen LogP contribution in [0.25, 0.3) is 0 Å². The summed E-state index contributed by atoms with van der Waals surface area (Å²) >= 11 is 0. The van der Waals surface area contributed by atoms with Crippen LogP contribution in [0, 0.1) is 11.8 Å². The summed E-state index contributed by atoms with van der Waals surface area (Å²) in [5, 5.41) is 0. The lowest BCUT2D eigenvalue weighted by Gasteiger charge is -2.21. The van der Waals surface area contributed by atoms with E-state index in [0.29, 0.717) is 6.54 Å². The van der Waals surface area contributed by atoms with Crippen LogP contribution in [0.3, 0.4) is 0 Å². The highest BCUT2D eigenvalue weighted by Gasteiger charge is 2.34. The standard InChI is InChI=1S/C13H18F3NO/c1-9(2)10(7-17)8-18-12-6-4-3-5-11(12)13(14,15)16/h3-6,9-10H,7-8,17H2,1-2H3. The molecule has 0 bridgehead atoms. The van der Waals surface area contributed by atoms with Crippen LogP contribution < -0.4 is 10.5 Å². The maximum absolute atomic E-state index is 12.7. The molecule has 18 heavy (non-hydrogen) atoms. The molecule has 1 aromatic carbocycles. The van der Waals surface area contributed by atoms with Crippen molar-refractivity contribution in [3.8, 4) is 5.75 Å². The fraction of sp³-hybridized carbons (Fsp3) is 0.538. The maximum Gasteiger partial charge on any atom is 0.419 e. The molecule has 2 nitrogen and oxygen atoms in total. The minimum Gasteiger partial charge on any atom is -0.493 e. The zero-order valence-corrected chi connectivity index (χ0v) is 10.5. The zero-order chi connectivity index (χ0) is 13.8. The number of benzene rings is 1. The van der Waals surface area contributed by atoms with Gasteiger partial charge in [0.05, 0.1) is 12.2 Å². The number of nitrogens with two attached hydrogens (primary N) is 1. The Morgan fingerprint density at radius 1 is 1.22 bits per heavy atom. The first-order chi connectivity index (χ1) is 8.36. The van der Waals surface area contributed by atoms with Crippen LogP contribution in [0.4, 0.5) is 13.2 Å². The van der Waals surface area contributed by atoms with Gasteiger partial charge in [0, 0.05) is 5.92 Å². The van der Waals surface area contributed by atoms with Crippen molar-refractivity contribution < 1.29 is 17.9 Å². The lowest BCUT2D eigenvalue weighted by molar-refractivity contribution is -0.139. The van der Waals surface area contributed by atoms with Gasteiger partial charge in [0.15, 0.2) is 0 Å². The molecule has 1 atom stereocenters. The first-order valence-electron chi connectivity index (χ1n) is 5.85. The van der Waals surface area contributed by atoms with Crippen molar-refractivity contribution in [1.29, 1.82) is 0 Å². The van der Waals surface area contributed by atoms with E-state index in [2.05, 4.69) is 0 Å². The van der Waals surface area contributed by atoms with Gasteiger partial charge in [0.1, 0.15) is 5.75 Å². The molecule has 0 aromatic heterocycles. The van der Waals surface area contributed by atoms with Crippen molar-refractivity contribution >= 4 is 0 Å². The average Bonchev–Trinajstić information content (AvgIpc) is 2.28. The third-order valence-corrected chi connectivity index (χ3v) is 2.89. The van der Waals surface area contributed by atoms with E-state index in [-0.39, 0.29) is 24.2 Å². The smallest absolute Gasteiger partial charge is 0.419 e. The van der Waals surface area contributed by atoms with Crippen LogP contribution in [-0.2, 0) is 6.18 Å². The number of rotatable bonds is 5. The molecule has 1 unspecified atom stereocenters. The highest BCUT2D eigenvalue weighted by Crippen LogP contribution is 2.36. The van der Waals surface area contributed by atoms with E-state index in [4.69, 9.17) is 10.5 Å². The zero-order valence-electron chi connectivity index (χ0n) is 10.5. The van der Waals surface area contributed by atoms with Gasteiger partial charge in [-0.3, -0.25) is 0 Å². The minimum absolute atomic E-state index is 0.0475. The number of hydrogen-bond donors (Lipinski definition) is 1. The molecule has 1 aromatic rings. The van der Waals surface area contributed by atoms with E-state index in [1.807, 2.05) is 13.8 Å². The molecule has 0 radical (unpaired) electrons. The molecule has 0 saturated heterocycles. The Hall–Kier alpha value is -1.23. The van der Waals surface area contributed by atoms with Gasteiger partial charge in [-0.25, -0.2) is 0 Å². The van der Waals surface area contributed by atoms with Gasteiger partial charge in [-0.05, 0) is 24.6 Å². The summed E-state index contributed by atoms with van der Waals surface area (Å²) in [5.74, 6) is 0.184. The second-order valence-corrected chi connectivity index (χ2v) is 4.54. The summed E-state index contributed by atoms with van der Waals surface area (Å²) in [5.41, 5.74) is 4.81. The van der Waals surface area contributed by atoms with Gasteiger partial charge >= 0.3 is 6.18 Å². The van der Waals surface area contributed by atoms with Crippen LogP contribution in [0.15, 0.2) is 24.3 Å². The first kappa shape index (κ1) is 14.8. The predicted molar refractivity (Wildman–Crippen MR) is 64.3 cm³/mol. The largest absolute Gasteiger partial charge is 0.493 e. The van der Waals surface area contributed by atoms with E-state index in [0.717, 1.165) is 6.07 Å². The maximum atomic E-state index is 12.7. The Morgan fingerprint density at radius 3 is 2.33 bits per heavy atom. The SMILES string of the molecule is CC(C)C(CN)COc1ccccc1C(F)(F)F. The number of ether oxygens (including phenoxy) is 1. The number of halogens is 3. The summed E-state index contributed by atoms with van der Waals surface area (Å²) in [6, 6.07) is 5.22. The number of hydrogen-bond acceptors (Lipinski definition) is 2. The lowest BCUT2D eigenvalue weighted by atomic mass is 9.97. The van der Waals surface area contributed by atoms with Crippen molar-refractivity contribution in [2.45, 2.75) is 20.0 Å². The first-order valence-corrected chi connectivity index (χ1v) is 5.85. The highest BCUT2D eigenvalue weighted by molar-refractivity contribution is 5.35. The lowest BCUT2D eigenvalue weighted by Crippen LogP contribution is -2.26. The Morgan fingerprint density at radius 2 is 1.83 bits per heavy atom. The number of para-hydroxylation sites is 1. The van der Waals surface area contributed by atoms with Crippen molar-refractivity contribution in [2.24, 2.45) is 17.6 Å². The molecule has 2 N–H and O–H groups in total. The molecule has 1 rings (SSSR count). The fourth-order valence-corrected chi connectivity index (χ4v) is 1.56. The van der Waals surface area contributed by atoms with Crippen LogP contribution in [-0.4, -0.2) is 13.2 Å². The Balaban J connectivity index is 2.79. The molecule has 0 aliphatic heterocycles. The Bertz CT molecular complexity index is 377. The summed E-state index contributed by atoms with van der Waals surface area (Å²) in [4.78, 5) is 0. The van der Waals surface area contributed by atoms with Gasteiger partial charge < -0.3 is 10.5 Å². The molecular weight excluding hydrogens is 243 g/mol. The molecule has 102 valence electrons. The Kier molecular flexibility index (Phi) is 5.02. The molecule has 0 heterocycles. The van der Waals surface area contributed by atoms with Crippen molar-refractivity contribution in [1.82, 2.24) is 0 Å². The quantitative estimate of drug-likeness (QED) is 0.882. The third kappa shape index (κ3) is 3.91. The van der Waals surface area contributed by atoms with Gasteiger partial charge in [0.25, 0.3) is 0 Å². The van der Waals surface area contributed by atoms with Gasteiger partial charge in [0.2, 0.25) is 0 Å². The van der Waals surface area contributed by atoms with Crippen molar-refractivity contribution in [3.05, 3.63) is 29.8 Å². The third-order valence-electron chi connectivity index (χ3n) is 2.89. The normalized spacial score (nSPS) is 13.7. The highest BCUT2D eigenvalue weighted by atomic mass is 19.4. The summed E-state index contributed by atoms with van der Waals surface area (Å²) in [6.45, 7) is 4.53. The topological polar surface area (TPSA) is 35.2 Å². The summed E-state index contributed by atoms with van der Waals surface area (Å²) < 4.78 is 43.4.